The minimum atomic E-state index is -0.122. The Morgan fingerprint density at radius 1 is 1.47 bits per heavy atom. The Bertz CT molecular complexity index is 215. The SMILES string of the molecule is CCCCCNC(=O)C(C)NC1CCCOC1. The number of unbranched alkanes of at least 4 members (excludes halogenated alkanes) is 2. The quantitative estimate of drug-likeness (QED) is 0.664. The van der Waals surface area contributed by atoms with Crippen LogP contribution in [0.3, 0.4) is 0 Å². The minimum absolute atomic E-state index is 0.103. The second kappa shape index (κ2) is 8.48. The summed E-state index contributed by atoms with van der Waals surface area (Å²) in [5.41, 5.74) is 0. The molecule has 2 unspecified atom stereocenters. The van der Waals surface area contributed by atoms with Gasteiger partial charge in [-0.2, -0.15) is 0 Å². The van der Waals surface area contributed by atoms with E-state index in [9.17, 15) is 4.79 Å². The molecule has 0 aromatic carbocycles. The molecule has 0 bridgehead atoms. The van der Waals surface area contributed by atoms with Crippen LogP contribution < -0.4 is 10.6 Å². The summed E-state index contributed by atoms with van der Waals surface area (Å²) < 4.78 is 5.38. The average Bonchev–Trinajstić information content (AvgIpc) is 2.35. The molecule has 0 saturated carbocycles. The standard InChI is InChI=1S/C13H26N2O2/c1-3-4-5-8-14-13(16)11(2)15-12-7-6-9-17-10-12/h11-12,15H,3-10H2,1-2H3,(H,14,16). The topological polar surface area (TPSA) is 50.4 Å². The van der Waals surface area contributed by atoms with Gasteiger partial charge in [-0.15, -0.1) is 0 Å². The maximum atomic E-state index is 11.8. The van der Waals surface area contributed by atoms with Crippen molar-refractivity contribution in [2.24, 2.45) is 0 Å². The van der Waals surface area contributed by atoms with Crippen molar-refractivity contribution in [3.8, 4) is 0 Å². The first-order chi connectivity index (χ1) is 8.24. The average molecular weight is 242 g/mol. The molecule has 0 radical (unpaired) electrons. The molecule has 0 aromatic rings. The monoisotopic (exact) mass is 242 g/mol. The Hall–Kier alpha value is -0.610. The lowest BCUT2D eigenvalue weighted by molar-refractivity contribution is -0.123. The van der Waals surface area contributed by atoms with E-state index < -0.39 is 0 Å². The Kier molecular flexibility index (Phi) is 7.21. The van der Waals surface area contributed by atoms with E-state index in [2.05, 4.69) is 17.6 Å². The molecule has 0 aromatic heterocycles. The fourth-order valence-corrected chi connectivity index (χ4v) is 2.04. The van der Waals surface area contributed by atoms with Gasteiger partial charge in [-0.25, -0.2) is 0 Å². The van der Waals surface area contributed by atoms with Crippen molar-refractivity contribution < 1.29 is 9.53 Å². The van der Waals surface area contributed by atoms with E-state index in [4.69, 9.17) is 4.74 Å². The highest BCUT2D eigenvalue weighted by Gasteiger charge is 2.19. The normalized spacial score (nSPS) is 22.1. The van der Waals surface area contributed by atoms with E-state index in [1.807, 2.05) is 6.92 Å². The van der Waals surface area contributed by atoms with Crippen molar-refractivity contribution in [1.82, 2.24) is 10.6 Å². The number of amides is 1. The molecule has 2 atom stereocenters. The molecule has 100 valence electrons. The molecule has 1 heterocycles. The number of hydrogen-bond donors (Lipinski definition) is 2. The van der Waals surface area contributed by atoms with Crippen LogP contribution in [0.25, 0.3) is 0 Å². The van der Waals surface area contributed by atoms with Crippen molar-refractivity contribution >= 4 is 5.91 Å². The van der Waals surface area contributed by atoms with Crippen molar-refractivity contribution in [1.29, 1.82) is 0 Å². The Labute approximate surface area is 104 Å². The number of hydrogen-bond acceptors (Lipinski definition) is 3. The predicted molar refractivity (Wildman–Crippen MR) is 69.0 cm³/mol. The van der Waals surface area contributed by atoms with E-state index in [0.717, 1.165) is 39.0 Å². The lowest BCUT2D eigenvalue weighted by atomic mass is 10.1. The zero-order valence-corrected chi connectivity index (χ0v) is 11.1. The van der Waals surface area contributed by atoms with Crippen LogP contribution in [0.1, 0.15) is 46.0 Å². The van der Waals surface area contributed by atoms with Gasteiger partial charge >= 0.3 is 0 Å². The van der Waals surface area contributed by atoms with Crippen LogP contribution in [-0.4, -0.2) is 37.7 Å². The molecule has 0 spiro atoms. The summed E-state index contributed by atoms with van der Waals surface area (Å²) in [7, 11) is 0. The highest BCUT2D eigenvalue weighted by molar-refractivity contribution is 5.81. The molecule has 1 fully saturated rings. The van der Waals surface area contributed by atoms with Gasteiger partial charge in [-0.3, -0.25) is 4.79 Å². The Morgan fingerprint density at radius 2 is 2.29 bits per heavy atom. The zero-order chi connectivity index (χ0) is 12.5. The fourth-order valence-electron chi connectivity index (χ4n) is 2.04. The first kappa shape index (κ1) is 14.5. The van der Waals surface area contributed by atoms with Crippen LogP contribution in [0.4, 0.5) is 0 Å². The van der Waals surface area contributed by atoms with Gasteiger partial charge in [0.2, 0.25) is 5.91 Å². The van der Waals surface area contributed by atoms with Crippen molar-refractivity contribution in [3.05, 3.63) is 0 Å². The van der Waals surface area contributed by atoms with Crippen LogP contribution >= 0.6 is 0 Å². The molecule has 1 aliphatic rings. The molecule has 0 aliphatic carbocycles. The smallest absolute Gasteiger partial charge is 0.236 e. The largest absolute Gasteiger partial charge is 0.380 e. The first-order valence-corrected chi connectivity index (χ1v) is 6.85. The lowest BCUT2D eigenvalue weighted by Gasteiger charge is -2.26. The van der Waals surface area contributed by atoms with Gasteiger partial charge < -0.3 is 15.4 Å². The third kappa shape index (κ3) is 6.03. The Balaban J connectivity index is 2.12. The van der Waals surface area contributed by atoms with Crippen LogP contribution in [-0.2, 0) is 9.53 Å². The number of carbonyl (C=O) groups is 1. The number of nitrogens with one attached hydrogen (secondary N) is 2. The third-order valence-corrected chi connectivity index (χ3v) is 3.12. The number of rotatable bonds is 7. The summed E-state index contributed by atoms with van der Waals surface area (Å²) in [5.74, 6) is 0.103. The molecule has 1 rings (SSSR count). The molecule has 1 aliphatic heterocycles. The van der Waals surface area contributed by atoms with Gasteiger partial charge in [0.25, 0.3) is 0 Å². The second-order valence-electron chi connectivity index (χ2n) is 4.80. The molecule has 1 amide bonds. The van der Waals surface area contributed by atoms with E-state index in [1.165, 1.54) is 12.8 Å². The van der Waals surface area contributed by atoms with Gasteiger partial charge in [0.15, 0.2) is 0 Å². The van der Waals surface area contributed by atoms with Gasteiger partial charge in [0.1, 0.15) is 0 Å². The van der Waals surface area contributed by atoms with E-state index in [1.54, 1.807) is 0 Å². The maximum absolute atomic E-state index is 11.8. The van der Waals surface area contributed by atoms with E-state index in [0.29, 0.717) is 6.04 Å². The summed E-state index contributed by atoms with van der Waals surface area (Å²) in [5, 5.41) is 6.29. The van der Waals surface area contributed by atoms with E-state index in [-0.39, 0.29) is 11.9 Å². The highest BCUT2D eigenvalue weighted by atomic mass is 16.5. The summed E-state index contributed by atoms with van der Waals surface area (Å²) in [6.07, 6.45) is 5.62. The van der Waals surface area contributed by atoms with Crippen LogP contribution in [0.15, 0.2) is 0 Å². The van der Waals surface area contributed by atoms with Gasteiger partial charge in [-0.1, -0.05) is 19.8 Å². The number of carbonyl (C=O) groups excluding carboxylic acids is 1. The summed E-state index contributed by atoms with van der Waals surface area (Å²) in [4.78, 5) is 11.8. The third-order valence-electron chi connectivity index (χ3n) is 3.12. The van der Waals surface area contributed by atoms with Crippen molar-refractivity contribution in [3.63, 3.8) is 0 Å². The zero-order valence-electron chi connectivity index (χ0n) is 11.1. The predicted octanol–water partition coefficient (Wildman–Crippen LogP) is 1.45. The van der Waals surface area contributed by atoms with Crippen molar-refractivity contribution in [2.45, 2.75) is 58.0 Å². The summed E-state index contributed by atoms with van der Waals surface area (Å²) >= 11 is 0. The van der Waals surface area contributed by atoms with Crippen LogP contribution in [0.2, 0.25) is 0 Å². The van der Waals surface area contributed by atoms with Gasteiger partial charge in [-0.05, 0) is 26.2 Å². The molecule has 4 nitrogen and oxygen atoms in total. The molecule has 2 N–H and O–H groups in total. The van der Waals surface area contributed by atoms with Crippen LogP contribution in [0.5, 0.6) is 0 Å². The van der Waals surface area contributed by atoms with Crippen molar-refractivity contribution in [2.75, 3.05) is 19.8 Å². The second-order valence-corrected chi connectivity index (χ2v) is 4.80. The molecule has 17 heavy (non-hydrogen) atoms. The Morgan fingerprint density at radius 3 is 2.94 bits per heavy atom. The highest BCUT2D eigenvalue weighted by Crippen LogP contribution is 2.06. The van der Waals surface area contributed by atoms with Gasteiger partial charge in [0.05, 0.1) is 12.6 Å². The molecular formula is C13H26N2O2. The summed E-state index contributed by atoms with van der Waals surface area (Å²) in [6, 6.07) is 0.212. The first-order valence-electron chi connectivity index (χ1n) is 6.85. The minimum Gasteiger partial charge on any atom is -0.380 e. The molecule has 4 heteroatoms. The number of ether oxygens (including phenoxy) is 1. The summed E-state index contributed by atoms with van der Waals surface area (Å²) in [6.45, 7) is 6.46. The lowest BCUT2D eigenvalue weighted by Crippen LogP contribution is -2.49. The molecule has 1 saturated heterocycles. The fraction of sp³-hybridized carbons (Fsp3) is 0.923. The van der Waals surface area contributed by atoms with Gasteiger partial charge in [0, 0.05) is 19.2 Å². The maximum Gasteiger partial charge on any atom is 0.236 e. The van der Waals surface area contributed by atoms with E-state index >= 15 is 0 Å². The molecular weight excluding hydrogens is 216 g/mol. The van der Waals surface area contributed by atoms with Crippen LogP contribution in [0, 0.1) is 0 Å².